The van der Waals surface area contributed by atoms with E-state index in [1.165, 1.54) is 16.8 Å². The highest BCUT2D eigenvalue weighted by Gasteiger charge is 2.31. The van der Waals surface area contributed by atoms with Gasteiger partial charge < -0.3 is 24.6 Å². The van der Waals surface area contributed by atoms with Crippen molar-refractivity contribution in [3.8, 4) is 0 Å². The summed E-state index contributed by atoms with van der Waals surface area (Å²) < 4.78 is 5.71. The highest BCUT2D eigenvalue weighted by molar-refractivity contribution is 6.00. The number of anilines is 1. The van der Waals surface area contributed by atoms with Crippen LogP contribution in [0.15, 0.2) is 45.6 Å². The Bertz CT molecular complexity index is 1430. The molecule has 6 rings (SSSR count). The Hall–Kier alpha value is -3.65. The van der Waals surface area contributed by atoms with Crippen LogP contribution >= 0.6 is 0 Å². The number of nitrogens with zero attached hydrogens (tertiary/aromatic N) is 2. The Balaban J connectivity index is 1.26. The van der Waals surface area contributed by atoms with E-state index in [-0.39, 0.29) is 11.5 Å². The Morgan fingerprint density at radius 3 is 2.58 bits per heavy atom. The van der Waals surface area contributed by atoms with Gasteiger partial charge in [0.05, 0.1) is 6.61 Å². The summed E-state index contributed by atoms with van der Waals surface area (Å²) in [4.78, 5) is 43.1. The smallest absolute Gasteiger partial charge is 0.349 e. The molecule has 4 heterocycles. The lowest BCUT2D eigenvalue weighted by Gasteiger charge is -2.37. The number of aliphatic hydroxyl groups is 1. The number of carbonyl (C=O) groups excluding carboxylic acids is 2. The van der Waals surface area contributed by atoms with Crippen LogP contribution < -0.4 is 15.8 Å². The van der Waals surface area contributed by atoms with E-state index in [0.29, 0.717) is 25.1 Å². The number of aliphatic hydroxyl groups excluding tert-OH is 1. The normalized spacial score (nSPS) is 17.4. The zero-order chi connectivity index (χ0) is 24.8. The second kappa shape index (κ2) is 9.09. The number of hydrogen-bond donors (Lipinski definition) is 2. The second-order valence-electron chi connectivity index (χ2n) is 9.91. The Morgan fingerprint density at radius 2 is 1.78 bits per heavy atom. The zero-order valence-corrected chi connectivity index (χ0v) is 20.1. The maximum absolute atomic E-state index is 13.1. The predicted molar refractivity (Wildman–Crippen MR) is 135 cm³/mol. The van der Waals surface area contributed by atoms with Gasteiger partial charge in [-0.2, -0.15) is 0 Å². The van der Waals surface area contributed by atoms with Gasteiger partial charge >= 0.3 is 5.63 Å². The van der Waals surface area contributed by atoms with E-state index in [1.54, 1.807) is 11.0 Å². The molecule has 0 aliphatic carbocycles. The molecular weight excluding hydrogens is 458 g/mol. The predicted octanol–water partition coefficient (Wildman–Crippen LogP) is 2.17. The summed E-state index contributed by atoms with van der Waals surface area (Å²) in [6.07, 6.45) is 4.58. The minimum absolute atomic E-state index is 0.159. The van der Waals surface area contributed by atoms with E-state index in [4.69, 9.17) is 4.42 Å². The molecule has 0 bridgehead atoms. The van der Waals surface area contributed by atoms with Gasteiger partial charge in [0.1, 0.15) is 17.2 Å². The van der Waals surface area contributed by atoms with Crippen LogP contribution in [0.5, 0.6) is 0 Å². The number of fused-ring (bicyclic) bond motifs is 3. The molecule has 0 saturated carbocycles. The van der Waals surface area contributed by atoms with Crippen molar-refractivity contribution in [1.29, 1.82) is 0 Å². The van der Waals surface area contributed by atoms with E-state index in [2.05, 4.69) is 10.2 Å². The summed E-state index contributed by atoms with van der Waals surface area (Å²) in [6, 6.07) is 10.4. The SMILES string of the molecule is O=C(NC(CO)C(=O)N1CCc2ccccc2C1)c1cc2cc3c4c(c2oc1=O)CCCN4CCC3. The topological polar surface area (TPSA) is 103 Å². The fourth-order valence-electron chi connectivity index (χ4n) is 5.93. The third-order valence-corrected chi connectivity index (χ3v) is 7.69. The van der Waals surface area contributed by atoms with Crippen LogP contribution in [0.4, 0.5) is 5.69 Å². The first-order valence-electron chi connectivity index (χ1n) is 12.7. The van der Waals surface area contributed by atoms with Crippen molar-refractivity contribution >= 4 is 28.5 Å². The van der Waals surface area contributed by atoms with Crippen LogP contribution in [0.3, 0.4) is 0 Å². The third-order valence-electron chi connectivity index (χ3n) is 7.69. The summed E-state index contributed by atoms with van der Waals surface area (Å²) >= 11 is 0. The van der Waals surface area contributed by atoms with E-state index < -0.39 is 24.2 Å². The number of nitrogens with one attached hydrogen (secondary N) is 1. The van der Waals surface area contributed by atoms with Crippen molar-refractivity contribution in [2.45, 2.75) is 44.7 Å². The maximum atomic E-state index is 13.1. The summed E-state index contributed by atoms with van der Waals surface area (Å²) in [5.41, 5.74) is 5.36. The minimum atomic E-state index is -1.14. The molecule has 0 saturated heterocycles. The Kier molecular flexibility index (Phi) is 5.76. The van der Waals surface area contributed by atoms with Gasteiger partial charge in [-0.15, -0.1) is 0 Å². The van der Waals surface area contributed by atoms with E-state index >= 15 is 0 Å². The van der Waals surface area contributed by atoms with Crippen molar-refractivity contribution in [3.63, 3.8) is 0 Å². The number of amides is 2. The summed E-state index contributed by atoms with van der Waals surface area (Å²) in [6.45, 7) is 2.38. The molecular formula is C28H29N3O5. The molecule has 3 aromatic rings. The minimum Gasteiger partial charge on any atom is -0.422 e. The average molecular weight is 488 g/mol. The molecule has 0 fully saturated rings. The molecule has 3 aliphatic rings. The van der Waals surface area contributed by atoms with Gasteiger partial charge in [-0.05, 0) is 60.9 Å². The van der Waals surface area contributed by atoms with Crippen LogP contribution in [0, 0.1) is 0 Å². The molecule has 3 aliphatic heterocycles. The Labute approximate surface area is 208 Å². The van der Waals surface area contributed by atoms with E-state index in [0.717, 1.165) is 55.3 Å². The monoisotopic (exact) mass is 487 g/mol. The molecule has 186 valence electrons. The molecule has 1 atom stereocenters. The summed E-state index contributed by atoms with van der Waals surface area (Å²) in [7, 11) is 0. The molecule has 8 nitrogen and oxygen atoms in total. The number of hydrogen-bond acceptors (Lipinski definition) is 6. The van der Waals surface area contributed by atoms with Crippen LogP contribution in [0.2, 0.25) is 0 Å². The molecule has 2 aromatic carbocycles. The molecule has 2 amide bonds. The third kappa shape index (κ3) is 3.86. The number of aryl methyl sites for hydroxylation is 2. The lowest BCUT2D eigenvalue weighted by atomic mass is 9.90. The van der Waals surface area contributed by atoms with Crippen LogP contribution in [-0.2, 0) is 30.6 Å². The molecule has 2 N–H and O–H groups in total. The van der Waals surface area contributed by atoms with E-state index in [1.807, 2.05) is 30.3 Å². The van der Waals surface area contributed by atoms with Gasteiger partial charge in [0, 0.05) is 42.8 Å². The van der Waals surface area contributed by atoms with Gasteiger partial charge in [-0.25, -0.2) is 4.79 Å². The van der Waals surface area contributed by atoms with Crippen molar-refractivity contribution in [2.24, 2.45) is 0 Å². The average Bonchev–Trinajstić information content (AvgIpc) is 2.91. The number of carbonyl (C=O) groups is 2. The largest absolute Gasteiger partial charge is 0.422 e. The van der Waals surface area contributed by atoms with Crippen molar-refractivity contribution in [3.05, 3.63) is 74.6 Å². The van der Waals surface area contributed by atoms with E-state index in [9.17, 15) is 19.5 Å². The molecule has 36 heavy (non-hydrogen) atoms. The van der Waals surface area contributed by atoms with Gasteiger partial charge in [0.2, 0.25) is 5.91 Å². The molecule has 1 aromatic heterocycles. The van der Waals surface area contributed by atoms with Crippen LogP contribution in [-0.4, -0.2) is 54.1 Å². The molecule has 8 heteroatoms. The zero-order valence-electron chi connectivity index (χ0n) is 20.1. The van der Waals surface area contributed by atoms with Gasteiger partial charge in [0.25, 0.3) is 5.91 Å². The van der Waals surface area contributed by atoms with Crippen LogP contribution in [0.1, 0.15) is 45.5 Å². The second-order valence-corrected chi connectivity index (χ2v) is 9.91. The van der Waals surface area contributed by atoms with Crippen molar-refractivity contribution < 1.29 is 19.1 Å². The Morgan fingerprint density at radius 1 is 1.00 bits per heavy atom. The first kappa shape index (κ1) is 22.8. The van der Waals surface area contributed by atoms with Gasteiger partial charge in [-0.3, -0.25) is 9.59 Å². The van der Waals surface area contributed by atoms with Crippen LogP contribution in [0.25, 0.3) is 11.0 Å². The first-order valence-corrected chi connectivity index (χ1v) is 12.7. The lowest BCUT2D eigenvalue weighted by Crippen LogP contribution is -2.52. The first-order chi connectivity index (χ1) is 17.5. The van der Waals surface area contributed by atoms with Gasteiger partial charge in [0.15, 0.2) is 0 Å². The quantitative estimate of drug-likeness (QED) is 0.547. The number of benzene rings is 2. The number of rotatable bonds is 4. The molecule has 1 unspecified atom stereocenters. The van der Waals surface area contributed by atoms with Gasteiger partial charge in [-0.1, -0.05) is 24.3 Å². The van der Waals surface area contributed by atoms with Crippen molar-refractivity contribution in [2.75, 3.05) is 31.1 Å². The standard InChI is InChI=1S/C28H29N3O5/c32-16-23(27(34)31-12-9-17-5-1-2-6-19(17)15-31)29-26(33)22-14-20-13-18-7-3-10-30-11-4-8-21(24(18)30)25(20)36-28(22)35/h1-2,5-6,13-14,23,32H,3-4,7-12,15-16H2,(H,29,33). The maximum Gasteiger partial charge on any atom is 0.349 e. The fraction of sp³-hybridized carbons (Fsp3) is 0.393. The fourth-order valence-corrected chi connectivity index (χ4v) is 5.93. The lowest BCUT2D eigenvalue weighted by molar-refractivity contribution is -0.135. The summed E-state index contributed by atoms with van der Waals surface area (Å²) in [5.74, 6) is -1.09. The highest BCUT2D eigenvalue weighted by Crippen LogP contribution is 2.39. The summed E-state index contributed by atoms with van der Waals surface area (Å²) in [5, 5.41) is 13.2. The van der Waals surface area contributed by atoms with Crippen molar-refractivity contribution in [1.82, 2.24) is 10.2 Å². The molecule has 0 spiro atoms. The highest BCUT2D eigenvalue weighted by atomic mass is 16.4. The molecule has 0 radical (unpaired) electrons.